The van der Waals surface area contributed by atoms with Crippen molar-refractivity contribution in [1.29, 1.82) is 0 Å². The number of halogens is 2. The minimum absolute atomic E-state index is 0.000399. The predicted octanol–water partition coefficient (Wildman–Crippen LogP) is 5.50. The molecule has 2 rings (SSSR count). The molecule has 0 bridgehead atoms. The number of ether oxygens (including phenoxy) is 2. The van der Waals surface area contributed by atoms with Crippen LogP contribution in [0.15, 0.2) is 68.9 Å². The van der Waals surface area contributed by atoms with Gasteiger partial charge in [-0.15, -0.1) is 0 Å². The molecular weight excluding hydrogens is 367 g/mol. The first-order valence-corrected chi connectivity index (χ1v) is 8.74. The molecule has 0 amide bonds. The summed E-state index contributed by atoms with van der Waals surface area (Å²) in [6, 6.07) is 15.4. The Kier molecular flexibility index (Phi) is 7.50. The van der Waals surface area contributed by atoms with Crippen LogP contribution in [-0.2, 0) is 4.79 Å². The predicted molar refractivity (Wildman–Crippen MR) is 98.5 cm³/mol. The molecule has 2 aromatic carbocycles. The largest absolute Gasteiger partial charge is 0.489 e. The Bertz CT molecular complexity index is 693. The second-order valence-electron chi connectivity index (χ2n) is 4.84. The highest BCUT2D eigenvalue weighted by molar-refractivity contribution is 7.99. The Balaban J connectivity index is 1.89. The normalized spacial score (nSPS) is 10.1. The number of ketones is 1. The van der Waals surface area contributed by atoms with Crippen molar-refractivity contribution >= 4 is 40.7 Å². The van der Waals surface area contributed by atoms with Crippen LogP contribution in [0.1, 0.15) is 6.92 Å². The van der Waals surface area contributed by atoms with E-state index >= 15 is 0 Å². The van der Waals surface area contributed by atoms with Crippen LogP contribution in [0.5, 0.6) is 11.5 Å². The van der Waals surface area contributed by atoms with Gasteiger partial charge in [0.15, 0.2) is 5.78 Å². The van der Waals surface area contributed by atoms with E-state index in [2.05, 4.69) is 0 Å². The molecule has 0 aliphatic rings. The van der Waals surface area contributed by atoms with Crippen molar-refractivity contribution in [2.24, 2.45) is 0 Å². The monoisotopic (exact) mass is 382 g/mol. The minimum atomic E-state index is -0.000399. The third-order valence-electron chi connectivity index (χ3n) is 2.81. The quantitative estimate of drug-likeness (QED) is 0.603. The molecule has 0 saturated carbocycles. The summed E-state index contributed by atoms with van der Waals surface area (Å²) >= 11 is 12.7. The van der Waals surface area contributed by atoms with Crippen molar-refractivity contribution in [3.05, 3.63) is 59.1 Å². The number of carbonyl (C=O) groups is 1. The molecule has 0 aromatic heterocycles. The average Bonchev–Trinajstić information content (AvgIpc) is 2.55. The highest BCUT2D eigenvalue weighted by atomic mass is 35.5. The lowest BCUT2D eigenvalue weighted by atomic mass is 10.3. The third-order valence-corrected chi connectivity index (χ3v) is 4.14. The van der Waals surface area contributed by atoms with Gasteiger partial charge in [0.2, 0.25) is 0 Å². The fourth-order valence-electron chi connectivity index (χ4n) is 1.73. The highest BCUT2D eigenvalue weighted by Crippen LogP contribution is 2.30. The van der Waals surface area contributed by atoms with Gasteiger partial charge in [0.25, 0.3) is 0 Å². The maximum atomic E-state index is 10.9. The Morgan fingerprint density at radius 1 is 0.958 bits per heavy atom. The molecule has 6 heteroatoms. The summed E-state index contributed by atoms with van der Waals surface area (Å²) in [4.78, 5) is 13.1. The molecule has 0 spiro atoms. The van der Waals surface area contributed by atoms with Crippen molar-refractivity contribution in [1.82, 2.24) is 0 Å². The third kappa shape index (κ3) is 6.87. The lowest BCUT2D eigenvalue weighted by molar-refractivity contribution is -0.118. The molecule has 0 heterocycles. The van der Waals surface area contributed by atoms with E-state index in [0.29, 0.717) is 12.4 Å². The highest BCUT2D eigenvalue weighted by Gasteiger charge is 2.01. The van der Waals surface area contributed by atoms with Gasteiger partial charge >= 0.3 is 0 Å². The first-order valence-electron chi connectivity index (χ1n) is 7.17. The van der Waals surface area contributed by atoms with Gasteiger partial charge in [0.1, 0.15) is 29.2 Å². The van der Waals surface area contributed by atoms with Crippen LogP contribution in [0.25, 0.3) is 0 Å². The van der Waals surface area contributed by atoms with E-state index in [-0.39, 0.29) is 16.9 Å². The standard InChI is InChI=1S/C18H16Cl2O3S/c1-13(21)12-23-15-4-8-17(9-5-15)24-16-6-2-14(3-7-16)22-11-10-18(19)20/h2-10H,11-12H2,1H3. The average molecular weight is 383 g/mol. The van der Waals surface area contributed by atoms with Crippen LogP contribution in [0, 0.1) is 0 Å². The number of rotatable bonds is 8. The molecule has 0 radical (unpaired) electrons. The number of benzene rings is 2. The Morgan fingerprint density at radius 3 is 1.92 bits per heavy atom. The molecule has 0 aliphatic carbocycles. The summed E-state index contributed by atoms with van der Waals surface area (Å²) in [5.74, 6) is 1.43. The molecule has 0 saturated heterocycles. The smallest absolute Gasteiger partial charge is 0.167 e. The molecule has 24 heavy (non-hydrogen) atoms. The van der Waals surface area contributed by atoms with E-state index in [9.17, 15) is 4.79 Å². The fraction of sp³-hybridized carbons (Fsp3) is 0.167. The summed E-state index contributed by atoms with van der Waals surface area (Å²) < 4.78 is 11.0. The van der Waals surface area contributed by atoms with Crippen LogP contribution >= 0.6 is 35.0 Å². The summed E-state index contributed by atoms with van der Waals surface area (Å²) in [7, 11) is 0. The maximum absolute atomic E-state index is 10.9. The van der Waals surface area contributed by atoms with E-state index < -0.39 is 0 Å². The molecule has 3 nitrogen and oxygen atoms in total. The molecule has 0 N–H and O–H groups in total. The number of hydrogen-bond donors (Lipinski definition) is 0. The van der Waals surface area contributed by atoms with Gasteiger partial charge in [0.05, 0.1) is 0 Å². The Hall–Kier alpha value is -1.62. The number of carbonyl (C=O) groups excluding carboxylic acids is 1. The van der Waals surface area contributed by atoms with Gasteiger partial charge in [-0.05, 0) is 61.5 Å². The van der Waals surface area contributed by atoms with Crippen LogP contribution in [0.4, 0.5) is 0 Å². The van der Waals surface area contributed by atoms with Crippen molar-refractivity contribution in [3.8, 4) is 11.5 Å². The zero-order valence-corrected chi connectivity index (χ0v) is 15.3. The van der Waals surface area contributed by atoms with Gasteiger partial charge in [-0.3, -0.25) is 4.79 Å². The second-order valence-corrected chi connectivity index (χ2v) is 7.00. The van der Waals surface area contributed by atoms with Crippen molar-refractivity contribution < 1.29 is 14.3 Å². The number of hydrogen-bond acceptors (Lipinski definition) is 4. The van der Waals surface area contributed by atoms with Crippen LogP contribution in [0.2, 0.25) is 0 Å². The van der Waals surface area contributed by atoms with Gasteiger partial charge in [-0.1, -0.05) is 35.0 Å². The zero-order valence-electron chi connectivity index (χ0n) is 13.0. The summed E-state index contributed by atoms with van der Waals surface area (Å²) in [6.45, 7) is 1.92. The summed E-state index contributed by atoms with van der Waals surface area (Å²) in [5.41, 5.74) is 0. The first kappa shape index (κ1) is 18.7. The molecule has 0 fully saturated rings. The van der Waals surface area contributed by atoms with Gasteiger partial charge in [-0.25, -0.2) is 0 Å². The topological polar surface area (TPSA) is 35.5 Å². The van der Waals surface area contributed by atoms with E-state index in [4.69, 9.17) is 32.7 Å². The van der Waals surface area contributed by atoms with Crippen molar-refractivity contribution in [3.63, 3.8) is 0 Å². The van der Waals surface area contributed by atoms with Crippen molar-refractivity contribution in [2.45, 2.75) is 16.7 Å². The SMILES string of the molecule is CC(=O)COc1ccc(Sc2ccc(OCC=C(Cl)Cl)cc2)cc1. The Labute approximate surface area is 155 Å². The van der Waals surface area contributed by atoms with Gasteiger partial charge in [0, 0.05) is 9.79 Å². The number of Topliss-reactive ketones (excluding diaryl/α,β-unsaturated/α-hetero) is 1. The zero-order chi connectivity index (χ0) is 17.4. The molecule has 2 aromatic rings. The van der Waals surface area contributed by atoms with E-state index in [1.54, 1.807) is 17.8 Å². The minimum Gasteiger partial charge on any atom is -0.489 e. The van der Waals surface area contributed by atoms with E-state index in [1.807, 2.05) is 48.5 Å². The van der Waals surface area contributed by atoms with Crippen LogP contribution in [0.3, 0.4) is 0 Å². The lowest BCUT2D eigenvalue weighted by Crippen LogP contribution is -2.06. The van der Waals surface area contributed by atoms with Crippen molar-refractivity contribution in [2.75, 3.05) is 13.2 Å². The summed E-state index contributed by atoms with van der Waals surface area (Å²) in [6.07, 6.45) is 1.58. The summed E-state index contributed by atoms with van der Waals surface area (Å²) in [5, 5.41) is 0. The molecule has 0 unspecified atom stereocenters. The molecular formula is C18H16Cl2O3S. The van der Waals surface area contributed by atoms with E-state index in [0.717, 1.165) is 15.5 Å². The Morgan fingerprint density at radius 2 is 1.46 bits per heavy atom. The van der Waals surface area contributed by atoms with Crippen LogP contribution < -0.4 is 9.47 Å². The maximum Gasteiger partial charge on any atom is 0.167 e. The first-order chi connectivity index (χ1) is 11.5. The molecule has 126 valence electrons. The van der Waals surface area contributed by atoms with Gasteiger partial charge < -0.3 is 9.47 Å². The van der Waals surface area contributed by atoms with Gasteiger partial charge in [-0.2, -0.15) is 0 Å². The van der Waals surface area contributed by atoms with Crippen LogP contribution in [-0.4, -0.2) is 19.0 Å². The lowest BCUT2D eigenvalue weighted by Gasteiger charge is -2.07. The second kappa shape index (κ2) is 9.62. The van der Waals surface area contributed by atoms with E-state index in [1.165, 1.54) is 6.92 Å². The molecule has 0 atom stereocenters. The molecule has 0 aliphatic heterocycles. The fourth-order valence-corrected chi connectivity index (χ4v) is 2.67.